The molecule has 1 rings (SSSR count). The first-order chi connectivity index (χ1) is 9.21. The van der Waals surface area contributed by atoms with Gasteiger partial charge in [0, 0.05) is 12.1 Å². The Morgan fingerprint density at radius 2 is 1.85 bits per heavy atom. The second-order valence-corrected chi connectivity index (χ2v) is 6.79. The van der Waals surface area contributed by atoms with Gasteiger partial charge in [0.05, 0.1) is 6.10 Å². The van der Waals surface area contributed by atoms with Gasteiger partial charge in [-0.15, -0.1) is 0 Å². The van der Waals surface area contributed by atoms with Gasteiger partial charge < -0.3 is 10.4 Å². The van der Waals surface area contributed by atoms with Crippen LogP contribution in [-0.4, -0.2) is 23.7 Å². The number of carbonyl (C=O) groups excluding carboxylic acids is 1. The van der Waals surface area contributed by atoms with E-state index < -0.39 is 6.10 Å². The Labute approximate surface area is 122 Å². The van der Waals surface area contributed by atoms with Crippen molar-refractivity contribution in [2.24, 2.45) is 5.92 Å². The maximum absolute atomic E-state index is 12.3. The molecule has 0 aromatic heterocycles. The van der Waals surface area contributed by atoms with Gasteiger partial charge >= 0.3 is 0 Å². The Kier molecular flexibility index (Phi) is 5.75. The van der Waals surface area contributed by atoms with Crippen LogP contribution in [0.3, 0.4) is 0 Å². The number of carbonyl (C=O) groups is 1. The summed E-state index contributed by atoms with van der Waals surface area (Å²) in [6.07, 6.45) is 0.210. The van der Waals surface area contributed by atoms with Crippen molar-refractivity contribution < 1.29 is 9.90 Å². The van der Waals surface area contributed by atoms with Gasteiger partial charge in [-0.1, -0.05) is 52.8 Å². The van der Waals surface area contributed by atoms with E-state index >= 15 is 0 Å². The summed E-state index contributed by atoms with van der Waals surface area (Å²) in [5.41, 5.74) is 1.64. The van der Waals surface area contributed by atoms with Crippen LogP contribution in [-0.2, 0) is 5.41 Å². The Morgan fingerprint density at radius 3 is 2.40 bits per heavy atom. The van der Waals surface area contributed by atoms with Gasteiger partial charge in [-0.3, -0.25) is 4.79 Å². The minimum absolute atomic E-state index is 0.0789. The lowest BCUT2D eigenvalue weighted by molar-refractivity contribution is 0.0898. The SMILES string of the molecule is CC(C)CC(O)CNC(=O)c1ccccc1C(C)(C)C. The molecule has 112 valence electrons. The van der Waals surface area contributed by atoms with Crippen molar-refractivity contribution in [3.05, 3.63) is 35.4 Å². The van der Waals surface area contributed by atoms with Crippen molar-refractivity contribution in [1.29, 1.82) is 0 Å². The van der Waals surface area contributed by atoms with Crippen molar-refractivity contribution in [2.75, 3.05) is 6.54 Å². The van der Waals surface area contributed by atoms with E-state index in [2.05, 4.69) is 39.9 Å². The summed E-state index contributed by atoms with van der Waals surface area (Å²) >= 11 is 0. The molecular formula is C17H27NO2. The van der Waals surface area contributed by atoms with Crippen LogP contribution < -0.4 is 5.32 Å². The van der Waals surface area contributed by atoms with Crippen LogP contribution in [0.15, 0.2) is 24.3 Å². The maximum Gasteiger partial charge on any atom is 0.251 e. The summed E-state index contributed by atoms with van der Waals surface area (Å²) in [5, 5.41) is 12.7. The summed E-state index contributed by atoms with van der Waals surface area (Å²) in [6, 6.07) is 7.64. The van der Waals surface area contributed by atoms with Crippen LogP contribution in [0.5, 0.6) is 0 Å². The molecule has 0 aliphatic carbocycles. The standard InChI is InChI=1S/C17H27NO2/c1-12(2)10-13(19)11-18-16(20)14-8-6-7-9-15(14)17(3,4)5/h6-9,12-13,19H,10-11H2,1-5H3,(H,18,20). The fourth-order valence-corrected chi connectivity index (χ4v) is 2.27. The lowest BCUT2D eigenvalue weighted by Crippen LogP contribution is -2.34. The van der Waals surface area contributed by atoms with Crippen LogP contribution in [0.2, 0.25) is 0 Å². The molecule has 0 spiro atoms. The van der Waals surface area contributed by atoms with Crippen LogP contribution in [0, 0.1) is 5.92 Å². The van der Waals surface area contributed by atoms with Crippen LogP contribution in [0.4, 0.5) is 0 Å². The highest BCUT2D eigenvalue weighted by Crippen LogP contribution is 2.25. The Bertz CT molecular complexity index is 447. The zero-order chi connectivity index (χ0) is 15.3. The van der Waals surface area contributed by atoms with Gasteiger partial charge in [0.1, 0.15) is 0 Å². The summed E-state index contributed by atoms with van der Waals surface area (Å²) in [6.45, 7) is 10.7. The minimum atomic E-state index is -0.485. The third kappa shape index (κ3) is 4.97. The molecule has 0 bridgehead atoms. The van der Waals surface area contributed by atoms with Gasteiger partial charge in [0.25, 0.3) is 5.91 Å². The number of amides is 1. The summed E-state index contributed by atoms with van der Waals surface area (Å²) in [5.74, 6) is 0.307. The van der Waals surface area contributed by atoms with Gasteiger partial charge in [-0.2, -0.15) is 0 Å². The largest absolute Gasteiger partial charge is 0.391 e. The Morgan fingerprint density at radius 1 is 1.25 bits per heavy atom. The van der Waals surface area contributed by atoms with E-state index in [4.69, 9.17) is 0 Å². The summed E-state index contributed by atoms with van der Waals surface area (Å²) in [7, 11) is 0. The van der Waals surface area contributed by atoms with Crippen molar-refractivity contribution >= 4 is 5.91 Å². The predicted molar refractivity (Wildman–Crippen MR) is 82.9 cm³/mol. The molecule has 20 heavy (non-hydrogen) atoms. The van der Waals surface area contributed by atoms with Crippen molar-refractivity contribution in [3.63, 3.8) is 0 Å². The molecule has 3 heteroatoms. The molecule has 0 aliphatic rings. The van der Waals surface area contributed by atoms with Crippen LogP contribution in [0.1, 0.15) is 57.0 Å². The maximum atomic E-state index is 12.3. The molecule has 2 N–H and O–H groups in total. The Hall–Kier alpha value is -1.35. The smallest absolute Gasteiger partial charge is 0.251 e. The highest BCUT2D eigenvalue weighted by atomic mass is 16.3. The second-order valence-electron chi connectivity index (χ2n) is 6.79. The van der Waals surface area contributed by atoms with E-state index in [0.717, 1.165) is 5.56 Å². The highest BCUT2D eigenvalue weighted by Gasteiger charge is 2.21. The number of nitrogens with one attached hydrogen (secondary N) is 1. The summed E-state index contributed by atoms with van der Waals surface area (Å²) in [4.78, 5) is 12.3. The molecule has 1 amide bonds. The first-order valence-electron chi connectivity index (χ1n) is 7.27. The molecular weight excluding hydrogens is 250 g/mol. The number of rotatable bonds is 5. The van der Waals surface area contributed by atoms with Gasteiger partial charge in [0.2, 0.25) is 0 Å². The third-order valence-corrected chi connectivity index (χ3v) is 3.22. The molecule has 1 aromatic rings. The number of hydrogen-bond donors (Lipinski definition) is 2. The van der Waals surface area contributed by atoms with Crippen molar-refractivity contribution in [2.45, 2.75) is 52.6 Å². The monoisotopic (exact) mass is 277 g/mol. The molecule has 0 radical (unpaired) electrons. The van der Waals surface area contributed by atoms with E-state index in [0.29, 0.717) is 24.4 Å². The van der Waals surface area contributed by atoms with Gasteiger partial charge in [0.15, 0.2) is 0 Å². The molecule has 1 atom stereocenters. The molecule has 0 aliphatic heterocycles. The van der Waals surface area contributed by atoms with Crippen molar-refractivity contribution in [1.82, 2.24) is 5.32 Å². The van der Waals surface area contributed by atoms with E-state index in [1.807, 2.05) is 24.3 Å². The van der Waals surface area contributed by atoms with E-state index in [-0.39, 0.29) is 11.3 Å². The summed E-state index contributed by atoms with van der Waals surface area (Å²) < 4.78 is 0. The minimum Gasteiger partial charge on any atom is -0.391 e. The van der Waals surface area contributed by atoms with E-state index in [9.17, 15) is 9.90 Å². The normalized spacial score (nSPS) is 13.3. The molecule has 1 unspecified atom stereocenters. The first kappa shape index (κ1) is 16.7. The fraction of sp³-hybridized carbons (Fsp3) is 0.588. The van der Waals surface area contributed by atoms with E-state index in [1.165, 1.54) is 0 Å². The first-order valence-corrected chi connectivity index (χ1v) is 7.27. The quantitative estimate of drug-likeness (QED) is 0.868. The molecule has 0 heterocycles. The molecule has 3 nitrogen and oxygen atoms in total. The number of aliphatic hydroxyl groups excluding tert-OH is 1. The lowest BCUT2D eigenvalue weighted by Gasteiger charge is -2.22. The van der Waals surface area contributed by atoms with Crippen LogP contribution in [0.25, 0.3) is 0 Å². The third-order valence-electron chi connectivity index (χ3n) is 3.22. The van der Waals surface area contributed by atoms with Gasteiger partial charge in [-0.05, 0) is 29.4 Å². The molecule has 0 saturated carbocycles. The van der Waals surface area contributed by atoms with Crippen LogP contribution >= 0.6 is 0 Å². The highest BCUT2D eigenvalue weighted by molar-refractivity contribution is 5.96. The number of hydrogen-bond acceptors (Lipinski definition) is 2. The van der Waals surface area contributed by atoms with E-state index in [1.54, 1.807) is 0 Å². The molecule has 1 aromatic carbocycles. The molecule has 0 saturated heterocycles. The van der Waals surface area contributed by atoms with Crippen molar-refractivity contribution in [3.8, 4) is 0 Å². The number of aliphatic hydroxyl groups is 1. The zero-order valence-electron chi connectivity index (χ0n) is 13.2. The van der Waals surface area contributed by atoms with Gasteiger partial charge in [-0.25, -0.2) is 0 Å². The predicted octanol–water partition coefficient (Wildman–Crippen LogP) is 3.12. The number of benzene rings is 1. The molecule has 0 fully saturated rings. The topological polar surface area (TPSA) is 49.3 Å². The second kappa shape index (κ2) is 6.89. The average Bonchev–Trinajstić information content (AvgIpc) is 2.34. The zero-order valence-corrected chi connectivity index (χ0v) is 13.2. The average molecular weight is 277 g/mol. The Balaban J connectivity index is 2.74. The fourth-order valence-electron chi connectivity index (χ4n) is 2.27. The lowest BCUT2D eigenvalue weighted by atomic mass is 9.83.